The molecule has 0 spiro atoms. The van der Waals surface area contributed by atoms with Crippen LogP contribution in [0.1, 0.15) is 38.3 Å². The number of hydrogen-bond donors (Lipinski definition) is 0. The average Bonchev–Trinajstić information content (AvgIpc) is 2.75. The normalized spacial score (nSPS) is 16.5. The van der Waals surface area contributed by atoms with Gasteiger partial charge in [-0.25, -0.2) is 9.98 Å². The fraction of sp³-hybridized carbons (Fsp3) is 0.409. The number of oxime groups is 1. The first kappa shape index (κ1) is 23.8. The molecule has 0 saturated heterocycles. The van der Waals surface area contributed by atoms with Gasteiger partial charge in [0, 0.05) is 18.6 Å². The lowest BCUT2D eigenvalue weighted by molar-refractivity contribution is 0.168. The number of aliphatic imine (C=N–C) groups is 1. The molecule has 0 unspecified atom stereocenters. The summed E-state index contributed by atoms with van der Waals surface area (Å²) in [5, 5.41) is 5.26. The van der Waals surface area contributed by atoms with Gasteiger partial charge in [0.15, 0.2) is 5.75 Å². The monoisotopic (exact) mass is 526 g/mol. The van der Waals surface area contributed by atoms with E-state index in [2.05, 4.69) is 38.0 Å². The molecule has 0 aliphatic heterocycles. The molecule has 1 fully saturated rings. The van der Waals surface area contributed by atoms with Crippen molar-refractivity contribution in [2.24, 2.45) is 10.1 Å². The molecule has 0 atom stereocenters. The van der Waals surface area contributed by atoms with E-state index in [-0.39, 0.29) is 6.10 Å². The highest BCUT2D eigenvalue weighted by Gasteiger charge is 2.22. The van der Waals surface area contributed by atoms with Crippen LogP contribution in [0.3, 0.4) is 0 Å². The summed E-state index contributed by atoms with van der Waals surface area (Å²) >= 11 is 15.6. The van der Waals surface area contributed by atoms with Crippen molar-refractivity contribution in [3.8, 4) is 11.6 Å². The van der Waals surface area contributed by atoms with Crippen LogP contribution in [0.25, 0.3) is 0 Å². The number of benzene rings is 1. The van der Waals surface area contributed by atoms with E-state index in [1.807, 2.05) is 24.9 Å². The van der Waals surface area contributed by atoms with Crippen molar-refractivity contribution in [2.45, 2.75) is 45.6 Å². The number of hydrogen-bond acceptors (Lipinski definition) is 5. The van der Waals surface area contributed by atoms with Gasteiger partial charge in [-0.15, -0.1) is 0 Å². The summed E-state index contributed by atoms with van der Waals surface area (Å²) < 4.78 is 6.96. The zero-order valence-corrected chi connectivity index (χ0v) is 20.8. The highest BCUT2D eigenvalue weighted by atomic mass is 79.9. The quantitative estimate of drug-likeness (QED) is 0.225. The molecule has 1 heterocycles. The highest BCUT2D eigenvalue weighted by molar-refractivity contribution is 9.10. The molecule has 9 heteroatoms. The van der Waals surface area contributed by atoms with Gasteiger partial charge in [0.25, 0.3) is 0 Å². The molecule has 1 aliphatic rings. The Morgan fingerprint density at radius 1 is 1.26 bits per heavy atom. The van der Waals surface area contributed by atoms with Crippen molar-refractivity contribution >= 4 is 56.9 Å². The Kier molecular flexibility index (Phi) is 8.58. The van der Waals surface area contributed by atoms with Crippen molar-refractivity contribution in [3.63, 3.8) is 0 Å². The third kappa shape index (κ3) is 6.82. The van der Waals surface area contributed by atoms with E-state index < -0.39 is 0 Å². The number of aromatic nitrogens is 1. The predicted octanol–water partition coefficient (Wildman–Crippen LogP) is 6.83. The summed E-state index contributed by atoms with van der Waals surface area (Å²) in [5.74, 6) is 1.09. The topological polar surface area (TPSA) is 59.3 Å². The van der Waals surface area contributed by atoms with Crippen molar-refractivity contribution in [1.82, 2.24) is 9.88 Å². The minimum atomic E-state index is 0.0712. The van der Waals surface area contributed by atoms with Crippen molar-refractivity contribution in [3.05, 3.63) is 44.5 Å². The van der Waals surface area contributed by atoms with Crippen LogP contribution < -0.4 is 9.57 Å². The molecular formula is C22H25BrCl2N4O2. The van der Waals surface area contributed by atoms with Gasteiger partial charge in [-0.1, -0.05) is 28.4 Å². The molecule has 3 rings (SSSR count). The van der Waals surface area contributed by atoms with Gasteiger partial charge in [-0.3, -0.25) is 0 Å². The number of nitrogens with zero attached hydrogens (tertiary/aromatic N) is 4. The van der Waals surface area contributed by atoms with Crippen LogP contribution in [0.15, 0.2) is 38.9 Å². The molecule has 0 bridgehead atoms. The lowest BCUT2D eigenvalue weighted by Gasteiger charge is -2.24. The second-order valence-electron chi connectivity index (χ2n) is 7.34. The standard InChI is InChI=1S/C22H25BrCl2N4O2/c1-4-29(3)13-26-20-12-18(23)22(27-14(20)2)30-17-8-6-16(7-9-17)28-31-21-10-5-15(24)11-19(21)25/h5,10-13,17H,4,6-9H2,1-3H3. The van der Waals surface area contributed by atoms with E-state index in [9.17, 15) is 0 Å². The highest BCUT2D eigenvalue weighted by Crippen LogP contribution is 2.32. The molecule has 0 amide bonds. The van der Waals surface area contributed by atoms with E-state index in [0.29, 0.717) is 21.7 Å². The zero-order valence-electron chi connectivity index (χ0n) is 17.7. The summed E-state index contributed by atoms with van der Waals surface area (Å²) in [7, 11) is 1.98. The number of pyridine rings is 1. The second kappa shape index (κ2) is 11.2. The molecule has 0 N–H and O–H groups in total. The molecule has 166 valence electrons. The van der Waals surface area contributed by atoms with E-state index in [0.717, 1.165) is 53.8 Å². The van der Waals surface area contributed by atoms with Gasteiger partial charge < -0.3 is 14.5 Å². The van der Waals surface area contributed by atoms with Crippen LogP contribution in [0.5, 0.6) is 11.6 Å². The van der Waals surface area contributed by atoms with Crippen LogP contribution in [0, 0.1) is 6.92 Å². The fourth-order valence-corrected chi connectivity index (χ4v) is 3.80. The Hall–Kier alpha value is -1.83. The Balaban J connectivity index is 1.57. The summed E-state index contributed by atoms with van der Waals surface area (Å²) in [5.41, 5.74) is 2.62. The van der Waals surface area contributed by atoms with Crippen molar-refractivity contribution < 1.29 is 9.57 Å². The molecule has 1 aromatic carbocycles. The summed E-state index contributed by atoms with van der Waals surface area (Å²) in [6.07, 6.45) is 5.13. The van der Waals surface area contributed by atoms with E-state index in [1.54, 1.807) is 24.5 Å². The van der Waals surface area contributed by atoms with Crippen LogP contribution in [-0.4, -0.2) is 41.6 Å². The van der Waals surface area contributed by atoms with Gasteiger partial charge in [-0.2, -0.15) is 0 Å². The minimum Gasteiger partial charge on any atom is -0.474 e. The predicted molar refractivity (Wildman–Crippen MR) is 131 cm³/mol. The lowest BCUT2D eigenvalue weighted by atomic mass is 9.96. The van der Waals surface area contributed by atoms with Crippen LogP contribution in [0.2, 0.25) is 10.0 Å². The maximum absolute atomic E-state index is 6.16. The van der Waals surface area contributed by atoms with Crippen LogP contribution in [-0.2, 0) is 0 Å². The Labute approximate surface area is 201 Å². The maximum Gasteiger partial charge on any atom is 0.228 e. The molecule has 0 radical (unpaired) electrons. The van der Waals surface area contributed by atoms with Gasteiger partial charge in [0.1, 0.15) is 6.10 Å². The summed E-state index contributed by atoms with van der Waals surface area (Å²) in [6.45, 7) is 4.90. The smallest absolute Gasteiger partial charge is 0.228 e. The third-order valence-corrected chi connectivity index (χ3v) is 6.05. The van der Waals surface area contributed by atoms with Crippen molar-refractivity contribution in [2.75, 3.05) is 13.6 Å². The fourth-order valence-electron chi connectivity index (χ4n) is 2.96. The van der Waals surface area contributed by atoms with Crippen LogP contribution in [0.4, 0.5) is 5.69 Å². The second-order valence-corrected chi connectivity index (χ2v) is 9.04. The largest absolute Gasteiger partial charge is 0.474 e. The van der Waals surface area contributed by atoms with Gasteiger partial charge in [0.05, 0.1) is 32.9 Å². The number of rotatable bonds is 7. The van der Waals surface area contributed by atoms with Gasteiger partial charge >= 0.3 is 0 Å². The van der Waals surface area contributed by atoms with E-state index in [1.165, 1.54) is 0 Å². The number of aryl methyl sites for hydroxylation is 1. The Morgan fingerprint density at radius 2 is 2.00 bits per heavy atom. The SMILES string of the molecule is CCN(C)C=Nc1cc(Br)c(OC2CCC(=NOc3ccc(Cl)cc3Cl)CC2)nc1C. The average molecular weight is 528 g/mol. The molecule has 6 nitrogen and oxygen atoms in total. The van der Waals surface area contributed by atoms with Crippen molar-refractivity contribution in [1.29, 1.82) is 0 Å². The minimum absolute atomic E-state index is 0.0712. The Morgan fingerprint density at radius 3 is 2.68 bits per heavy atom. The Bertz CT molecular complexity index is 974. The van der Waals surface area contributed by atoms with Gasteiger partial charge in [0.2, 0.25) is 5.88 Å². The first-order valence-electron chi connectivity index (χ1n) is 10.1. The lowest BCUT2D eigenvalue weighted by Crippen LogP contribution is -2.25. The van der Waals surface area contributed by atoms with Crippen LogP contribution >= 0.6 is 39.1 Å². The van der Waals surface area contributed by atoms with Gasteiger partial charge in [-0.05, 0) is 79.7 Å². The molecule has 2 aromatic rings. The number of ether oxygens (including phenoxy) is 1. The van der Waals surface area contributed by atoms with E-state index >= 15 is 0 Å². The zero-order chi connectivity index (χ0) is 22.4. The summed E-state index contributed by atoms with van der Waals surface area (Å²) in [6, 6.07) is 7.01. The molecule has 31 heavy (non-hydrogen) atoms. The molecule has 1 saturated carbocycles. The third-order valence-electron chi connectivity index (χ3n) is 4.96. The maximum atomic E-state index is 6.16. The first-order valence-corrected chi connectivity index (χ1v) is 11.7. The molecule has 1 aliphatic carbocycles. The summed E-state index contributed by atoms with van der Waals surface area (Å²) in [4.78, 5) is 16.6. The van der Waals surface area contributed by atoms with E-state index in [4.69, 9.17) is 32.8 Å². The first-order chi connectivity index (χ1) is 14.9. The molecular weight excluding hydrogens is 503 g/mol. The number of halogens is 3. The molecule has 1 aromatic heterocycles.